The van der Waals surface area contributed by atoms with Crippen molar-refractivity contribution in [1.82, 2.24) is 10.2 Å². The largest absolute Gasteiger partial charge is 0.357 e. The molecule has 8 heteroatoms. The van der Waals surface area contributed by atoms with Crippen LogP contribution in [0, 0.1) is 0 Å². The van der Waals surface area contributed by atoms with E-state index >= 15 is 0 Å². The van der Waals surface area contributed by atoms with Gasteiger partial charge in [0.25, 0.3) is 0 Å². The number of nitrogens with one attached hydrogen (secondary N) is 1. The predicted octanol–water partition coefficient (Wildman–Crippen LogP) is 5.04. The van der Waals surface area contributed by atoms with Gasteiger partial charge in [-0.05, 0) is 42.3 Å². The number of carbonyl (C=O) groups is 2. The summed E-state index contributed by atoms with van der Waals surface area (Å²) in [5, 5.41) is 4.32. The number of benzene rings is 2. The Kier molecular flexibility index (Phi) is 8.96. The summed E-state index contributed by atoms with van der Waals surface area (Å²) < 4.78 is 0. The second-order valence-corrected chi connectivity index (χ2v) is 8.37. The maximum atomic E-state index is 12.9. The molecule has 0 saturated heterocycles. The van der Waals surface area contributed by atoms with E-state index in [4.69, 9.17) is 34.8 Å². The van der Waals surface area contributed by atoms with Crippen LogP contribution in [0.25, 0.3) is 0 Å². The fourth-order valence-corrected chi connectivity index (χ4v) is 4.48. The Labute approximate surface area is 184 Å². The molecular weight excluding hydrogens is 439 g/mol. The van der Waals surface area contributed by atoms with E-state index < -0.39 is 6.04 Å². The van der Waals surface area contributed by atoms with Gasteiger partial charge in [-0.2, -0.15) is 0 Å². The molecule has 2 aromatic rings. The van der Waals surface area contributed by atoms with E-state index in [9.17, 15) is 9.59 Å². The molecular formula is C20H21Cl3N2O2S. The van der Waals surface area contributed by atoms with Crippen molar-refractivity contribution < 1.29 is 9.59 Å². The number of rotatable bonds is 8. The number of thioether (sulfide) groups is 1. The van der Waals surface area contributed by atoms with Gasteiger partial charge in [-0.25, -0.2) is 0 Å². The second-order valence-electron chi connectivity index (χ2n) is 6.13. The highest BCUT2D eigenvalue weighted by atomic mass is 35.5. The molecule has 150 valence electrons. The standard InChI is InChI=1S/C20H21Cl3N2O2S/c1-13(20(27)24-2)25(10-14-5-3-6-15(21)9-14)19(26)12-28-11-16-17(22)7-4-8-18(16)23/h3-9,13H,10-12H2,1-2H3,(H,24,27). The molecule has 1 unspecified atom stereocenters. The smallest absolute Gasteiger partial charge is 0.242 e. The minimum Gasteiger partial charge on any atom is -0.357 e. The van der Waals surface area contributed by atoms with Crippen molar-refractivity contribution in [3.63, 3.8) is 0 Å². The van der Waals surface area contributed by atoms with E-state index in [0.29, 0.717) is 27.4 Å². The van der Waals surface area contributed by atoms with Crippen molar-refractivity contribution in [2.24, 2.45) is 0 Å². The van der Waals surface area contributed by atoms with Crippen molar-refractivity contribution >= 4 is 58.4 Å². The average molecular weight is 460 g/mol. The minimum atomic E-state index is -0.610. The van der Waals surface area contributed by atoms with Gasteiger partial charge in [0.15, 0.2) is 0 Å². The zero-order chi connectivity index (χ0) is 20.7. The molecule has 28 heavy (non-hydrogen) atoms. The molecule has 0 bridgehead atoms. The first kappa shape index (κ1) is 22.9. The Balaban J connectivity index is 2.08. The zero-order valence-corrected chi connectivity index (χ0v) is 18.6. The van der Waals surface area contributed by atoms with Gasteiger partial charge in [0.1, 0.15) is 6.04 Å². The predicted molar refractivity (Wildman–Crippen MR) is 118 cm³/mol. The topological polar surface area (TPSA) is 49.4 Å². The molecule has 0 radical (unpaired) electrons. The number of hydrogen-bond donors (Lipinski definition) is 1. The van der Waals surface area contributed by atoms with Crippen LogP contribution in [0.15, 0.2) is 42.5 Å². The van der Waals surface area contributed by atoms with Gasteiger partial charge in [0.05, 0.1) is 5.75 Å². The van der Waals surface area contributed by atoms with E-state index in [1.54, 1.807) is 49.2 Å². The molecule has 0 aromatic heterocycles. The molecule has 0 heterocycles. The van der Waals surface area contributed by atoms with Gasteiger partial charge < -0.3 is 10.2 Å². The van der Waals surface area contributed by atoms with Crippen LogP contribution in [-0.4, -0.2) is 35.6 Å². The molecule has 2 amide bonds. The highest BCUT2D eigenvalue weighted by Gasteiger charge is 2.25. The third kappa shape index (κ3) is 6.31. The lowest BCUT2D eigenvalue weighted by atomic mass is 10.1. The fourth-order valence-electron chi connectivity index (χ4n) is 2.62. The summed E-state index contributed by atoms with van der Waals surface area (Å²) in [6, 6.07) is 12.0. The molecule has 0 spiro atoms. The van der Waals surface area contributed by atoms with Crippen molar-refractivity contribution in [1.29, 1.82) is 0 Å². The molecule has 1 N–H and O–H groups in total. The molecule has 4 nitrogen and oxygen atoms in total. The van der Waals surface area contributed by atoms with Crippen LogP contribution >= 0.6 is 46.6 Å². The lowest BCUT2D eigenvalue weighted by molar-refractivity contribution is -0.138. The third-order valence-corrected chi connectivity index (χ3v) is 6.08. The van der Waals surface area contributed by atoms with E-state index in [1.807, 2.05) is 12.1 Å². The van der Waals surface area contributed by atoms with Crippen molar-refractivity contribution in [3.05, 3.63) is 68.7 Å². The van der Waals surface area contributed by atoms with Crippen molar-refractivity contribution in [3.8, 4) is 0 Å². The first-order valence-corrected chi connectivity index (χ1v) is 10.9. The number of halogens is 3. The van der Waals surface area contributed by atoms with Gasteiger partial charge in [0.2, 0.25) is 11.8 Å². The van der Waals surface area contributed by atoms with E-state index in [2.05, 4.69) is 5.32 Å². The molecule has 0 aliphatic rings. The molecule has 0 aliphatic heterocycles. The number of hydrogen-bond acceptors (Lipinski definition) is 3. The minimum absolute atomic E-state index is 0.149. The lowest BCUT2D eigenvalue weighted by Gasteiger charge is -2.28. The molecule has 0 aliphatic carbocycles. The fraction of sp³-hybridized carbons (Fsp3) is 0.300. The van der Waals surface area contributed by atoms with Crippen LogP contribution in [-0.2, 0) is 21.9 Å². The van der Waals surface area contributed by atoms with E-state index in [0.717, 1.165) is 11.1 Å². The van der Waals surface area contributed by atoms with Crippen LogP contribution in [0.1, 0.15) is 18.1 Å². The Hall–Kier alpha value is -1.40. The van der Waals surface area contributed by atoms with E-state index in [-0.39, 0.29) is 17.6 Å². The quantitative estimate of drug-likeness (QED) is 0.601. The first-order valence-electron chi connectivity index (χ1n) is 8.59. The summed E-state index contributed by atoms with van der Waals surface area (Å²) in [6.07, 6.45) is 0. The molecule has 1 atom stereocenters. The van der Waals surface area contributed by atoms with Crippen LogP contribution in [0.2, 0.25) is 15.1 Å². The van der Waals surface area contributed by atoms with Gasteiger partial charge in [-0.1, -0.05) is 53.0 Å². The number of carbonyl (C=O) groups excluding carboxylic acids is 2. The molecule has 0 fully saturated rings. The van der Waals surface area contributed by atoms with Crippen LogP contribution in [0.3, 0.4) is 0 Å². The van der Waals surface area contributed by atoms with Gasteiger partial charge in [-0.15, -0.1) is 11.8 Å². The van der Waals surface area contributed by atoms with Crippen LogP contribution < -0.4 is 5.32 Å². The highest BCUT2D eigenvalue weighted by molar-refractivity contribution is 7.99. The second kappa shape index (κ2) is 11.0. The Morgan fingerprint density at radius 3 is 2.36 bits per heavy atom. The third-order valence-electron chi connectivity index (χ3n) is 4.19. The summed E-state index contributed by atoms with van der Waals surface area (Å²) in [6.45, 7) is 2.00. The molecule has 2 aromatic carbocycles. The maximum absolute atomic E-state index is 12.9. The average Bonchev–Trinajstić information content (AvgIpc) is 2.67. The maximum Gasteiger partial charge on any atom is 0.242 e. The van der Waals surface area contributed by atoms with Crippen molar-refractivity contribution in [2.45, 2.75) is 25.3 Å². The Morgan fingerprint density at radius 2 is 1.75 bits per heavy atom. The number of nitrogens with zero attached hydrogens (tertiary/aromatic N) is 1. The Bertz CT molecular complexity index is 828. The van der Waals surface area contributed by atoms with Crippen LogP contribution in [0.4, 0.5) is 0 Å². The van der Waals surface area contributed by atoms with Gasteiger partial charge in [0, 0.05) is 34.4 Å². The monoisotopic (exact) mass is 458 g/mol. The Morgan fingerprint density at radius 1 is 1.11 bits per heavy atom. The number of likely N-dealkylation sites (N-methyl/N-ethyl adjacent to an activating group) is 1. The summed E-state index contributed by atoms with van der Waals surface area (Å²) in [5.74, 6) is 0.325. The van der Waals surface area contributed by atoms with Crippen LogP contribution in [0.5, 0.6) is 0 Å². The SMILES string of the molecule is CNC(=O)C(C)N(Cc1cccc(Cl)c1)C(=O)CSCc1c(Cl)cccc1Cl. The van der Waals surface area contributed by atoms with Crippen molar-refractivity contribution in [2.75, 3.05) is 12.8 Å². The first-order chi connectivity index (χ1) is 13.3. The summed E-state index contributed by atoms with van der Waals surface area (Å²) >= 11 is 19.8. The summed E-state index contributed by atoms with van der Waals surface area (Å²) in [7, 11) is 1.55. The van der Waals surface area contributed by atoms with Gasteiger partial charge >= 0.3 is 0 Å². The lowest BCUT2D eigenvalue weighted by Crippen LogP contribution is -2.47. The number of amides is 2. The zero-order valence-electron chi connectivity index (χ0n) is 15.5. The molecule has 0 saturated carbocycles. The van der Waals surface area contributed by atoms with Gasteiger partial charge in [-0.3, -0.25) is 9.59 Å². The summed E-state index contributed by atoms with van der Waals surface area (Å²) in [5.41, 5.74) is 1.65. The highest BCUT2D eigenvalue weighted by Crippen LogP contribution is 2.28. The summed E-state index contributed by atoms with van der Waals surface area (Å²) in [4.78, 5) is 26.6. The normalized spacial score (nSPS) is 11.8. The molecule has 2 rings (SSSR count). The van der Waals surface area contributed by atoms with E-state index in [1.165, 1.54) is 11.8 Å².